The first-order valence-electron chi connectivity index (χ1n) is 6.53. The van der Waals surface area contributed by atoms with E-state index in [1.54, 1.807) is 4.68 Å². The van der Waals surface area contributed by atoms with Crippen LogP contribution in [0.3, 0.4) is 0 Å². The first-order valence-corrected chi connectivity index (χ1v) is 6.53. The van der Waals surface area contributed by atoms with Crippen molar-refractivity contribution in [2.75, 3.05) is 5.73 Å². The van der Waals surface area contributed by atoms with Crippen LogP contribution in [0.4, 0.5) is 5.69 Å². The highest BCUT2D eigenvalue weighted by Gasteiger charge is 2.15. The van der Waals surface area contributed by atoms with E-state index in [0.717, 1.165) is 22.9 Å². The van der Waals surface area contributed by atoms with E-state index in [0.29, 0.717) is 5.69 Å². The Morgan fingerprint density at radius 1 is 1.45 bits per heavy atom. The van der Waals surface area contributed by atoms with Crippen LogP contribution in [0.2, 0.25) is 0 Å². The van der Waals surface area contributed by atoms with Gasteiger partial charge in [0.25, 0.3) is 0 Å². The second kappa shape index (κ2) is 5.40. The quantitative estimate of drug-likeness (QED) is 0.892. The molecular formula is C14H20N4O2. The summed E-state index contributed by atoms with van der Waals surface area (Å²) in [6.45, 7) is 7.57. The average Bonchev–Trinajstić information content (AvgIpc) is 2.90. The summed E-state index contributed by atoms with van der Waals surface area (Å²) in [6, 6.07) is 3.56. The van der Waals surface area contributed by atoms with Gasteiger partial charge < -0.3 is 15.5 Å². The molecule has 6 heteroatoms. The number of anilines is 1. The van der Waals surface area contributed by atoms with E-state index in [4.69, 9.17) is 10.2 Å². The van der Waals surface area contributed by atoms with Gasteiger partial charge in [0.2, 0.25) is 5.91 Å². The normalized spacial score (nSPS) is 12.4. The molecule has 0 aliphatic heterocycles. The Morgan fingerprint density at radius 2 is 2.15 bits per heavy atom. The zero-order valence-corrected chi connectivity index (χ0v) is 12.2. The molecule has 0 saturated carbocycles. The summed E-state index contributed by atoms with van der Waals surface area (Å²) in [4.78, 5) is 12.0. The molecule has 2 heterocycles. The monoisotopic (exact) mass is 276 g/mol. The van der Waals surface area contributed by atoms with Crippen molar-refractivity contribution in [3.63, 3.8) is 0 Å². The number of hydrogen-bond acceptors (Lipinski definition) is 4. The van der Waals surface area contributed by atoms with Gasteiger partial charge in [0.15, 0.2) is 0 Å². The number of aromatic nitrogens is 2. The van der Waals surface area contributed by atoms with Gasteiger partial charge in [0, 0.05) is 0 Å². The third-order valence-corrected chi connectivity index (χ3v) is 3.30. The first kappa shape index (κ1) is 14.2. The predicted molar refractivity (Wildman–Crippen MR) is 76.1 cm³/mol. The van der Waals surface area contributed by atoms with E-state index < -0.39 is 0 Å². The fourth-order valence-corrected chi connectivity index (χ4v) is 2.05. The largest absolute Gasteiger partial charge is 0.464 e. The van der Waals surface area contributed by atoms with Crippen molar-refractivity contribution in [2.45, 2.75) is 40.3 Å². The fourth-order valence-electron chi connectivity index (χ4n) is 2.05. The summed E-state index contributed by atoms with van der Waals surface area (Å²) in [5, 5.41) is 7.12. The Balaban J connectivity index is 2.00. The summed E-state index contributed by atoms with van der Waals surface area (Å²) in [5.74, 6) is 1.44. The minimum Gasteiger partial charge on any atom is -0.464 e. The highest BCUT2D eigenvalue weighted by Crippen LogP contribution is 2.16. The number of amides is 1. The van der Waals surface area contributed by atoms with Crippen molar-refractivity contribution in [1.29, 1.82) is 0 Å². The van der Waals surface area contributed by atoms with Crippen LogP contribution in [0.1, 0.15) is 35.9 Å². The number of rotatable bonds is 4. The van der Waals surface area contributed by atoms with Gasteiger partial charge in [-0.25, -0.2) is 0 Å². The molecule has 2 rings (SSSR count). The molecule has 2 aromatic rings. The van der Waals surface area contributed by atoms with E-state index in [-0.39, 0.29) is 18.5 Å². The molecule has 2 aromatic heterocycles. The maximum absolute atomic E-state index is 12.0. The van der Waals surface area contributed by atoms with E-state index >= 15 is 0 Å². The van der Waals surface area contributed by atoms with Gasteiger partial charge in [-0.1, -0.05) is 0 Å². The van der Waals surface area contributed by atoms with Crippen molar-refractivity contribution >= 4 is 11.6 Å². The van der Waals surface area contributed by atoms with Crippen LogP contribution >= 0.6 is 0 Å². The summed E-state index contributed by atoms with van der Waals surface area (Å²) < 4.78 is 7.10. The Kier molecular flexibility index (Phi) is 3.83. The summed E-state index contributed by atoms with van der Waals surface area (Å²) in [5.41, 5.74) is 8.02. The van der Waals surface area contributed by atoms with Crippen LogP contribution in [-0.2, 0) is 11.3 Å². The average molecular weight is 276 g/mol. The lowest BCUT2D eigenvalue weighted by Crippen LogP contribution is -2.30. The molecule has 0 radical (unpaired) electrons. The first-order chi connectivity index (χ1) is 9.38. The minimum absolute atomic E-state index is 0.128. The SMILES string of the molecule is Cc1ccc(C(C)NC(=O)Cn2nc(C)c(N)c2C)o1. The van der Waals surface area contributed by atoms with Gasteiger partial charge in [-0.3, -0.25) is 9.48 Å². The molecule has 0 aliphatic carbocycles. The number of nitrogen functional groups attached to an aromatic ring is 1. The summed E-state index contributed by atoms with van der Waals surface area (Å²) >= 11 is 0. The summed E-state index contributed by atoms with van der Waals surface area (Å²) in [7, 11) is 0. The fraction of sp³-hybridized carbons (Fsp3) is 0.429. The number of carbonyl (C=O) groups is 1. The number of nitrogens with one attached hydrogen (secondary N) is 1. The smallest absolute Gasteiger partial charge is 0.242 e. The van der Waals surface area contributed by atoms with E-state index in [1.807, 2.05) is 39.8 Å². The molecule has 6 nitrogen and oxygen atoms in total. The van der Waals surface area contributed by atoms with Gasteiger partial charge in [0.1, 0.15) is 18.1 Å². The third-order valence-electron chi connectivity index (χ3n) is 3.30. The van der Waals surface area contributed by atoms with Crippen LogP contribution in [-0.4, -0.2) is 15.7 Å². The molecule has 0 saturated heterocycles. The second-order valence-electron chi connectivity index (χ2n) is 4.98. The Morgan fingerprint density at radius 3 is 2.65 bits per heavy atom. The van der Waals surface area contributed by atoms with Crippen molar-refractivity contribution in [2.24, 2.45) is 0 Å². The number of nitrogens with two attached hydrogens (primary N) is 1. The molecule has 1 atom stereocenters. The molecule has 1 unspecified atom stereocenters. The number of hydrogen-bond donors (Lipinski definition) is 2. The molecule has 3 N–H and O–H groups in total. The van der Waals surface area contributed by atoms with Gasteiger partial charge in [0.05, 0.1) is 23.1 Å². The van der Waals surface area contributed by atoms with Crippen LogP contribution in [0, 0.1) is 20.8 Å². The third kappa shape index (κ3) is 2.84. The molecular weight excluding hydrogens is 256 g/mol. The van der Waals surface area contributed by atoms with Crippen LogP contribution < -0.4 is 11.1 Å². The lowest BCUT2D eigenvalue weighted by atomic mass is 10.2. The minimum atomic E-state index is -0.175. The van der Waals surface area contributed by atoms with Crippen molar-refractivity contribution in [1.82, 2.24) is 15.1 Å². The molecule has 0 spiro atoms. The predicted octanol–water partition coefficient (Wildman–Crippen LogP) is 1.86. The maximum atomic E-state index is 12.0. The number of nitrogens with zero attached hydrogens (tertiary/aromatic N) is 2. The zero-order valence-electron chi connectivity index (χ0n) is 12.2. The van der Waals surface area contributed by atoms with Crippen molar-refractivity contribution < 1.29 is 9.21 Å². The van der Waals surface area contributed by atoms with Gasteiger partial charge >= 0.3 is 0 Å². The van der Waals surface area contributed by atoms with E-state index in [1.165, 1.54) is 0 Å². The Labute approximate surface area is 117 Å². The number of aryl methyl sites for hydroxylation is 2. The molecule has 0 fully saturated rings. The molecule has 0 aliphatic rings. The van der Waals surface area contributed by atoms with Gasteiger partial charge in [-0.05, 0) is 39.8 Å². The molecule has 20 heavy (non-hydrogen) atoms. The number of carbonyl (C=O) groups excluding carboxylic acids is 1. The topological polar surface area (TPSA) is 86.1 Å². The Hall–Kier alpha value is -2.24. The zero-order chi connectivity index (χ0) is 14.9. The van der Waals surface area contributed by atoms with Crippen LogP contribution in [0.25, 0.3) is 0 Å². The Bertz CT molecular complexity index is 627. The number of furan rings is 1. The van der Waals surface area contributed by atoms with Gasteiger partial charge in [-0.15, -0.1) is 0 Å². The standard InChI is InChI=1S/C14H20N4O2/c1-8-5-6-12(20-8)9(2)16-13(19)7-18-11(4)14(15)10(3)17-18/h5-6,9H,7,15H2,1-4H3,(H,16,19). The van der Waals surface area contributed by atoms with Gasteiger partial charge in [-0.2, -0.15) is 5.10 Å². The molecule has 1 amide bonds. The highest BCUT2D eigenvalue weighted by molar-refractivity contribution is 5.76. The van der Waals surface area contributed by atoms with E-state index in [9.17, 15) is 4.79 Å². The highest BCUT2D eigenvalue weighted by atomic mass is 16.3. The summed E-state index contributed by atoms with van der Waals surface area (Å²) in [6.07, 6.45) is 0. The van der Waals surface area contributed by atoms with Crippen molar-refractivity contribution in [3.8, 4) is 0 Å². The van der Waals surface area contributed by atoms with Crippen LogP contribution in [0.15, 0.2) is 16.5 Å². The molecule has 0 aromatic carbocycles. The molecule has 108 valence electrons. The lowest BCUT2D eigenvalue weighted by Gasteiger charge is -2.12. The maximum Gasteiger partial charge on any atom is 0.242 e. The van der Waals surface area contributed by atoms with Crippen LogP contribution in [0.5, 0.6) is 0 Å². The molecule has 0 bridgehead atoms. The lowest BCUT2D eigenvalue weighted by molar-refractivity contribution is -0.122. The van der Waals surface area contributed by atoms with E-state index in [2.05, 4.69) is 10.4 Å². The van der Waals surface area contributed by atoms with Crippen molar-refractivity contribution in [3.05, 3.63) is 35.0 Å². The second-order valence-corrected chi connectivity index (χ2v) is 4.98.